The summed E-state index contributed by atoms with van der Waals surface area (Å²) in [6.07, 6.45) is 11.5. The van der Waals surface area contributed by atoms with Gasteiger partial charge in [-0.2, -0.15) is 0 Å². The van der Waals surface area contributed by atoms with Crippen molar-refractivity contribution >= 4 is 28.5 Å². The number of piperidine rings is 1. The van der Waals surface area contributed by atoms with E-state index < -0.39 is 5.97 Å². The molecule has 5 nitrogen and oxygen atoms in total. The number of hydrogen-bond donors (Lipinski definition) is 1. The monoisotopic (exact) mass is 460 g/mol. The Morgan fingerprint density at radius 1 is 1.25 bits per heavy atom. The minimum absolute atomic E-state index is 0.143. The molecule has 0 bridgehead atoms. The second-order valence-corrected chi connectivity index (χ2v) is 9.52. The number of hydrogen-bond acceptors (Lipinski definition) is 4. The van der Waals surface area contributed by atoms with E-state index in [0.717, 1.165) is 72.9 Å². The molecule has 32 heavy (non-hydrogen) atoms. The van der Waals surface area contributed by atoms with Gasteiger partial charge in [0.25, 0.3) is 0 Å². The molecule has 1 aliphatic rings. The van der Waals surface area contributed by atoms with Crippen molar-refractivity contribution in [1.29, 1.82) is 0 Å². The predicted molar refractivity (Wildman–Crippen MR) is 131 cm³/mol. The van der Waals surface area contributed by atoms with Gasteiger partial charge in [0.05, 0.1) is 23.6 Å². The number of fused-ring (bicyclic) bond motifs is 1. The number of halogens is 1. The fourth-order valence-corrected chi connectivity index (χ4v) is 5.24. The van der Waals surface area contributed by atoms with Crippen LogP contribution in [0.25, 0.3) is 10.9 Å². The Hall–Kier alpha value is -1.85. The van der Waals surface area contributed by atoms with Crippen LogP contribution in [-0.4, -0.2) is 47.7 Å². The average molecular weight is 461 g/mol. The molecule has 1 aliphatic heterocycles. The molecule has 2 heterocycles. The van der Waals surface area contributed by atoms with Gasteiger partial charge in [-0.05, 0) is 87.8 Å². The molecule has 6 heteroatoms. The van der Waals surface area contributed by atoms with Gasteiger partial charge in [0.2, 0.25) is 0 Å². The van der Waals surface area contributed by atoms with E-state index in [1.54, 1.807) is 13.3 Å². The van der Waals surface area contributed by atoms with Crippen LogP contribution in [0.5, 0.6) is 5.75 Å². The molecule has 0 amide bonds. The van der Waals surface area contributed by atoms with Crippen LogP contribution in [0.3, 0.4) is 0 Å². The number of rotatable bonds is 12. The van der Waals surface area contributed by atoms with Gasteiger partial charge in [-0.3, -0.25) is 9.78 Å². The molecule has 3 rings (SSSR count). The lowest BCUT2D eigenvalue weighted by Gasteiger charge is -2.30. The smallest absolute Gasteiger partial charge is 0.306 e. The SMILES string of the molecule is CCCC(CCCc1c(Cl)cnc2ccc(OC)cc12)CCCN1CCC(C(=O)O)CC1. The Bertz CT molecular complexity index is 881. The molecular formula is C26H37ClN2O3. The number of aliphatic carboxylic acids is 1. The van der Waals surface area contributed by atoms with Gasteiger partial charge in [0, 0.05) is 11.6 Å². The van der Waals surface area contributed by atoms with Crippen molar-refractivity contribution in [3.8, 4) is 5.75 Å². The lowest BCUT2D eigenvalue weighted by molar-refractivity contribution is -0.143. The summed E-state index contributed by atoms with van der Waals surface area (Å²) in [6, 6.07) is 5.97. The van der Waals surface area contributed by atoms with Crippen LogP contribution < -0.4 is 4.74 Å². The summed E-state index contributed by atoms with van der Waals surface area (Å²) in [5.41, 5.74) is 2.13. The molecule has 2 aromatic rings. The number of carbonyl (C=O) groups is 1. The number of carboxylic acids is 1. The van der Waals surface area contributed by atoms with Gasteiger partial charge < -0.3 is 14.7 Å². The Labute approximate surface area is 197 Å². The van der Waals surface area contributed by atoms with Crippen molar-refractivity contribution in [3.63, 3.8) is 0 Å². The van der Waals surface area contributed by atoms with E-state index in [-0.39, 0.29) is 5.92 Å². The van der Waals surface area contributed by atoms with E-state index in [1.165, 1.54) is 37.7 Å². The van der Waals surface area contributed by atoms with Crippen LogP contribution in [0, 0.1) is 11.8 Å². The fourth-order valence-electron chi connectivity index (χ4n) is 5.00. The minimum atomic E-state index is -0.631. The second kappa shape index (κ2) is 12.4. The molecule has 176 valence electrons. The van der Waals surface area contributed by atoms with E-state index >= 15 is 0 Å². The molecule has 0 radical (unpaired) electrons. The Morgan fingerprint density at radius 3 is 2.69 bits per heavy atom. The highest BCUT2D eigenvalue weighted by atomic mass is 35.5. The summed E-state index contributed by atoms with van der Waals surface area (Å²) in [4.78, 5) is 18.0. The van der Waals surface area contributed by atoms with E-state index in [2.05, 4.69) is 16.8 Å². The first-order valence-electron chi connectivity index (χ1n) is 12.1. The van der Waals surface area contributed by atoms with Crippen molar-refractivity contribution in [2.24, 2.45) is 11.8 Å². The lowest BCUT2D eigenvalue weighted by Crippen LogP contribution is -2.36. The third kappa shape index (κ3) is 6.82. The fraction of sp³-hybridized carbons (Fsp3) is 0.615. The van der Waals surface area contributed by atoms with Crippen LogP contribution in [0.4, 0.5) is 0 Å². The number of ether oxygens (including phenoxy) is 1. The van der Waals surface area contributed by atoms with Gasteiger partial charge in [0.15, 0.2) is 0 Å². The van der Waals surface area contributed by atoms with Crippen molar-refractivity contribution in [2.45, 2.75) is 64.7 Å². The zero-order chi connectivity index (χ0) is 22.9. The second-order valence-electron chi connectivity index (χ2n) is 9.11. The number of benzene rings is 1. The molecule has 1 unspecified atom stereocenters. The average Bonchev–Trinajstić information content (AvgIpc) is 2.80. The molecular weight excluding hydrogens is 424 g/mol. The molecule has 1 aromatic heterocycles. The number of pyridine rings is 1. The highest BCUT2D eigenvalue weighted by Gasteiger charge is 2.24. The maximum Gasteiger partial charge on any atom is 0.306 e. The van der Waals surface area contributed by atoms with Crippen molar-refractivity contribution in [1.82, 2.24) is 9.88 Å². The van der Waals surface area contributed by atoms with Gasteiger partial charge in [-0.15, -0.1) is 0 Å². The molecule has 1 N–H and O–H groups in total. The first kappa shape index (κ1) is 24.8. The number of likely N-dealkylation sites (tertiary alicyclic amines) is 1. The molecule has 1 saturated heterocycles. The summed E-state index contributed by atoms with van der Waals surface area (Å²) in [5.74, 6) is 0.792. The van der Waals surface area contributed by atoms with Gasteiger partial charge in [-0.25, -0.2) is 0 Å². The number of methoxy groups -OCH3 is 1. The number of carboxylic acid groups (broad SMARTS) is 1. The van der Waals surface area contributed by atoms with E-state index in [1.807, 2.05) is 18.2 Å². The summed E-state index contributed by atoms with van der Waals surface area (Å²) in [7, 11) is 1.68. The summed E-state index contributed by atoms with van der Waals surface area (Å²) in [5, 5.41) is 11.0. The summed E-state index contributed by atoms with van der Waals surface area (Å²) < 4.78 is 5.40. The predicted octanol–water partition coefficient (Wildman–Crippen LogP) is 6.21. The standard InChI is InChI=1S/C26H37ClN2O3/c1-3-6-19(8-5-14-29-15-12-20(13-16-29)26(30)31)7-4-9-22-23-17-21(32-2)10-11-25(23)28-18-24(22)27/h10-11,17-20H,3-9,12-16H2,1-2H3,(H,30,31). The lowest BCUT2D eigenvalue weighted by atomic mass is 9.90. The van der Waals surface area contributed by atoms with E-state index in [0.29, 0.717) is 0 Å². The quantitative estimate of drug-likeness (QED) is 0.407. The molecule has 1 atom stereocenters. The van der Waals surface area contributed by atoms with Crippen molar-refractivity contribution in [3.05, 3.63) is 35.0 Å². The number of aryl methyl sites for hydroxylation is 1. The largest absolute Gasteiger partial charge is 0.497 e. The van der Waals surface area contributed by atoms with E-state index in [9.17, 15) is 4.79 Å². The summed E-state index contributed by atoms with van der Waals surface area (Å²) >= 11 is 6.53. The summed E-state index contributed by atoms with van der Waals surface area (Å²) in [6.45, 7) is 5.20. The number of aromatic nitrogens is 1. The van der Waals surface area contributed by atoms with E-state index in [4.69, 9.17) is 21.4 Å². The number of nitrogens with zero attached hydrogens (tertiary/aromatic N) is 2. The highest BCUT2D eigenvalue weighted by Crippen LogP contribution is 2.30. The van der Waals surface area contributed by atoms with Crippen molar-refractivity contribution < 1.29 is 14.6 Å². The van der Waals surface area contributed by atoms with Gasteiger partial charge in [0.1, 0.15) is 5.75 Å². The zero-order valence-corrected chi connectivity index (χ0v) is 20.2. The molecule has 1 fully saturated rings. The minimum Gasteiger partial charge on any atom is -0.497 e. The normalized spacial score (nSPS) is 16.3. The first-order chi connectivity index (χ1) is 15.5. The molecule has 0 spiro atoms. The third-order valence-corrected chi connectivity index (χ3v) is 7.22. The van der Waals surface area contributed by atoms with Crippen molar-refractivity contribution in [2.75, 3.05) is 26.7 Å². The maximum atomic E-state index is 11.1. The van der Waals surface area contributed by atoms with Gasteiger partial charge in [-0.1, -0.05) is 37.8 Å². The topological polar surface area (TPSA) is 62.7 Å². The first-order valence-corrected chi connectivity index (χ1v) is 12.5. The highest BCUT2D eigenvalue weighted by molar-refractivity contribution is 6.32. The Morgan fingerprint density at radius 2 is 2.00 bits per heavy atom. The zero-order valence-electron chi connectivity index (χ0n) is 19.5. The van der Waals surface area contributed by atoms with Crippen LogP contribution in [0.2, 0.25) is 5.02 Å². The maximum absolute atomic E-state index is 11.1. The Kier molecular flexibility index (Phi) is 9.61. The van der Waals surface area contributed by atoms with Gasteiger partial charge >= 0.3 is 5.97 Å². The molecule has 0 aliphatic carbocycles. The third-order valence-electron chi connectivity index (χ3n) is 6.89. The van der Waals surface area contributed by atoms with Crippen LogP contribution in [0.15, 0.2) is 24.4 Å². The van der Waals surface area contributed by atoms with Crippen LogP contribution in [0.1, 0.15) is 63.9 Å². The molecule has 0 saturated carbocycles. The van der Waals surface area contributed by atoms with Crippen LogP contribution in [-0.2, 0) is 11.2 Å². The van der Waals surface area contributed by atoms with Crippen LogP contribution >= 0.6 is 11.6 Å². The Balaban J connectivity index is 1.49. The molecule has 1 aromatic carbocycles.